The van der Waals surface area contributed by atoms with Gasteiger partial charge in [-0.3, -0.25) is 14.2 Å². The quantitative estimate of drug-likeness (QED) is 0.681. The molecule has 5 heteroatoms. The highest BCUT2D eigenvalue weighted by molar-refractivity contribution is 5.91. The number of rotatable bonds is 2. The van der Waals surface area contributed by atoms with E-state index in [0.717, 1.165) is 37.0 Å². The van der Waals surface area contributed by atoms with Crippen LogP contribution >= 0.6 is 0 Å². The van der Waals surface area contributed by atoms with Crippen molar-refractivity contribution in [3.05, 3.63) is 50.7 Å². The van der Waals surface area contributed by atoms with Crippen molar-refractivity contribution in [2.75, 3.05) is 0 Å². The van der Waals surface area contributed by atoms with Gasteiger partial charge in [0.15, 0.2) is 5.65 Å². The molecule has 3 aromatic rings. The minimum absolute atomic E-state index is 0.171. The fourth-order valence-electron chi connectivity index (χ4n) is 4.00. The zero-order chi connectivity index (χ0) is 16.8. The maximum atomic E-state index is 13.2. The fourth-order valence-corrected chi connectivity index (χ4v) is 4.00. The van der Waals surface area contributed by atoms with Crippen LogP contribution in [0.2, 0.25) is 0 Å². The number of para-hydroxylation sites is 1. The molecule has 0 N–H and O–H groups in total. The highest BCUT2D eigenvalue weighted by Crippen LogP contribution is 2.29. The first kappa shape index (κ1) is 15.1. The van der Waals surface area contributed by atoms with Crippen LogP contribution in [0, 0.1) is 0 Å². The average Bonchev–Trinajstić information content (AvgIpc) is 3.13. The van der Waals surface area contributed by atoms with Gasteiger partial charge in [-0.05, 0) is 25.0 Å². The molecule has 0 unspecified atom stereocenters. The summed E-state index contributed by atoms with van der Waals surface area (Å²) in [4.78, 5) is 30.9. The van der Waals surface area contributed by atoms with E-state index < -0.39 is 0 Å². The van der Waals surface area contributed by atoms with Crippen molar-refractivity contribution in [2.24, 2.45) is 7.05 Å². The predicted molar refractivity (Wildman–Crippen MR) is 95.6 cm³/mol. The molecule has 1 saturated carbocycles. The normalized spacial score (nSPS) is 15.6. The summed E-state index contributed by atoms with van der Waals surface area (Å²) in [7, 11) is 1.87. The molecule has 0 spiro atoms. The number of benzene rings is 1. The molecule has 0 radical (unpaired) electrons. The second-order valence-corrected chi connectivity index (χ2v) is 6.60. The lowest BCUT2D eigenvalue weighted by atomic mass is 10.1. The first-order valence-corrected chi connectivity index (χ1v) is 8.66. The van der Waals surface area contributed by atoms with E-state index in [2.05, 4.69) is 0 Å². The van der Waals surface area contributed by atoms with Crippen molar-refractivity contribution in [3.8, 4) is 0 Å². The fraction of sp³-hybridized carbons (Fsp3) is 0.421. The first-order chi connectivity index (χ1) is 11.6. The largest absolute Gasteiger partial charge is 0.328 e. The smallest absolute Gasteiger partial charge is 0.267 e. The second kappa shape index (κ2) is 5.58. The number of fused-ring (bicyclic) bond motifs is 2. The van der Waals surface area contributed by atoms with Crippen LogP contribution in [0.25, 0.3) is 21.9 Å². The third-order valence-electron chi connectivity index (χ3n) is 5.23. The molecule has 1 fully saturated rings. The summed E-state index contributed by atoms with van der Waals surface area (Å²) in [5, 5.41) is 0.800. The lowest BCUT2D eigenvalue weighted by Crippen LogP contribution is -2.32. The average molecular weight is 323 g/mol. The monoisotopic (exact) mass is 323 g/mol. The van der Waals surface area contributed by atoms with Crippen molar-refractivity contribution >= 4 is 21.9 Å². The summed E-state index contributed by atoms with van der Waals surface area (Å²) in [5.74, 6) is 0.782. The maximum absolute atomic E-state index is 13.2. The highest BCUT2D eigenvalue weighted by atomic mass is 16.1. The summed E-state index contributed by atoms with van der Waals surface area (Å²) in [6.07, 6.45) is 4.94. The summed E-state index contributed by atoms with van der Waals surface area (Å²) < 4.78 is 3.66. The topological polar surface area (TPSA) is 56.9 Å². The molecule has 0 bridgehead atoms. The highest BCUT2D eigenvalue weighted by Gasteiger charge is 2.24. The Morgan fingerprint density at radius 1 is 1.17 bits per heavy atom. The zero-order valence-electron chi connectivity index (χ0n) is 14.1. The number of hydrogen-bond acceptors (Lipinski definition) is 3. The van der Waals surface area contributed by atoms with Crippen LogP contribution in [-0.4, -0.2) is 14.1 Å². The first-order valence-electron chi connectivity index (χ1n) is 8.66. The van der Waals surface area contributed by atoms with E-state index in [4.69, 9.17) is 4.98 Å². The molecule has 1 aliphatic carbocycles. The Hall–Kier alpha value is -2.43. The van der Waals surface area contributed by atoms with Gasteiger partial charge in [-0.15, -0.1) is 0 Å². The zero-order valence-corrected chi connectivity index (χ0v) is 14.1. The van der Waals surface area contributed by atoms with Gasteiger partial charge in [0.05, 0.1) is 5.52 Å². The van der Waals surface area contributed by atoms with Crippen molar-refractivity contribution in [3.63, 3.8) is 0 Å². The summed E-state index contributed by atoms with van der Waals surface area (Å²) in [6, 6.07) is 7.59. The van der Waals surface area contributed by atoms with Gasteiger partial charge in [0.2, 0.25) is 5.43 Å². The van der Waals surface area contributed by atoms with Crippen LogP contribution in [0.1, 0.15) is 44.5 Å². The van der Waals surface area contributed by atoms with E-state index in [0.29, 0.717) is 17.5 Å². The van der Waals surface area contributed by atoms with E-state index in [1.54, 1.807) is 10.6 Å². The van der Waals surface area contributed by atoms with Crippen LogP contribution in [-0.2, 0) is 13.5 Å². The molecule has 2 heterocycles. The molecule has 4 rings (SSSR count). The van der Waals surface area contributed by atoms with Gasteiger partial charge in [0.1, 0.15) is 11.2 Å². The minimum Gasteiger partial charge on any atom is -0.328 e. The van der Waals surface area contributed by atoms with Crippen LogP contribution in [0.15, 0.2) is 33.9 Å². The molecule has 24 heavy (non-hydrogen) atoms. The van der Waals surface area contributed by atoms with Gasteiger partial charge < -0.3 is 4.57 Å². The predicted octanol–water partition coefficient (Wildman–Crippen LogP) is 2.93. The molecular weight excluding hydrogens is 302 g/mol. The number of hydrogen-bond donors (Lipinski definition) is 0. The summed E-state index contributed by atoms with van der Waals surface area (Å²) in [6.45, 7) is 2.01. The molecule has 1 aliphatic rings. The SMILES string of the molecule is CCc1nc2c(c(=O)c3ccccc3n2C)c(=O)n1C1CCCC1. The third-order valence-corrected chi connectivity index (χ3v) is 5.23. The van der Waals surface area contributed by atoms with Crippen LogP contribution in [0.5, 0.6) is 0 Å². The van der Waals surface area contributed by atoms with Gasteiger partial charge in [0.25, 0.3) is 5.56 Å². The molecule has 5 nitrogen and oxygen atoms in total. The number of aryl methyl sites for hydroxylation is 2. The van der Waals surface area contributed by atoms with Crippen molar-refractivity contribution in [1.82, 2.24) is 14.1 Å². The van der Waals surface area contributed by atoms with E-state index >= 15 is 0 Å². The van der Waals surface area contributed by atoms with Crippen LogP contribution < -0.4 is 11.0 Å². The van der Waals surface area contributed by atoms with E-state index in [9.17, 15) is 9.59 Å². The van der Waals surface area contributed by atoms with E-state index in [-0.39, 0.29) is 22.4 Å². The van der Waals surface area contributed by atoms with Gasteiger partial charge in [0, 0.05) is 24.9 Å². The maximum Gasteiger partial charge on any atom is 0.267 e. The van der Waals surface area contributed by atoms with Crippen LogP contribution in [0.3, 0.4) is 0 Å². The minimum atomic E-state index is -0.203. The third kappa shape index (κ3) is 2.04. The Kier molecular flexibility index (Phi) is 3.52. The molecule has 0 amide bonds. The van der Waals surface area contributed by atoms with Gasteiger partial charge in [-0.2, -0.15) is 0 Å². The number of aromatic nitrogens is 3. The molecule has 2 aromatic heterocycles. The molecule has 0 aliphatic heterocycles. The lowest BCUT2D eigenvalue weighted by Gasteiger charge is -2.19. The standard InChI is InChI=1S/C19H21N3O2/c1-3-15-20-18-16(19(24)22(15)12-8-4-5-9-12)17(23)13-10-6-7-11-14(13)21(18)2/h6-7,10-12H,3-5,8-9H2,1-2H3. The van der Waals surface area contributed by atoms with E-state index in [1.807, 2.05) is 36.7 Å². The second-order valence-electron chi connectivity index (χ2n) is 6.60. The Morgan fingerprint density at radius 3 is 2.58 bits per heavy atom. The Balaban J connectivity index is 2.19. The molecule has 1 aromatic carbocycles. The Labute approximate surface area is 139 Å². The lowest BCUT2D eigenvalue weighted by molar-refractivity contribution is 0.477. The van der Waals surface area contributed by atoms with Gasteiger partial charge >= 0.3 is 0 Å². The Bertz CT molecular complexity index is 1060. The van der Waals surface area contributed by atoms with Crippen molar-refractivity contribution in [1.29, 1.82) is 0 Å². The molecule has 124 valence electrons. The van der Waals surface area contributed by atoms with Crippen molar-refractivity contribution < 1.29 is 0 Å². The van der Waals surface area contributed by atoms with E-state index in [1.165, 1.54) is 0 Å². The van der Waals surface area contributed by atoms with Crippen molar-refractivity contribution in [2.45, 2.75) is 45.1 Å². The molecule has 0 saturated heterocycles. The summed E-state index contributed by atoms with van der Waals surface area (Å²) >= 11 is 0. The number of pyridine rings is 1. The van der Waals surface area contributed by atoms with Crippen LogP contribution in [0.4, 0.5) is 0 Å². The van der Waals surface area contributed by atoms with Gasteiger partial charge in [-0.1, -0.05) is 31.9 Å². The molecule has 0 atom stereocenters. The summed E-state index contributed by atoms with van der Waals surface area (Å²) in [5.41, 5.74) is 0.929. The number of nitrogens with zero attached hydrogens (tertiary/aromatic N) is 3. The van der Waals surface area contributed by atoms with Gasteiger partial charge in [-0.25, -0.2) is 4.98 Å². The Morgan fingerprint density at radius 2 is 1.88 bits per heavy atom. The molecular formula is C19H21N3O2.